The summed E-state index contributed by atoms with van der Waals surface area (Å²) in [5.41, 5.74) is 0. The van der Waals surface area contributed by atoms with E-state index in [1.807, 2.05) is 0 Å². The Morgan fingerprint density at radius 3 is 2.33 bits per heavy atom. The van der Waals surface area contributed by atoms with Crippen LogP contribution in [-0.4, -0.2) is 11.7 Å². The van der Waals surface area contributed by atoms with E-state index in [4.69, 9.17) is 5.11 Å². The molecule has 0 saturated heterocycles. The summed E-state index contributed by atoms with van der Waals surface area (Å²) in [5.74, 6) is 10.9. The number of unbranched alkanes of at least 4 members (excludes halogenated alkanes) is 1. The summed E-state index contributed by atoms with van der Waals surface area (Å²) < 4.78 is 0. The van der Waals surface area contributed by atoms with E-state index in [1.165, 1.54) is 0 Å². The first kappa shape index (κ1) is 8.08. The van der Waals surface area contributed by atoms with Crippen molar-refractivity contribution in [2.45, 2.75) is 19.8 Å². The fraction of sp³-hybridized carbons (Fsp3) is 0.500. The minimum absolute atomic E-state index is 0.0421. The lowest BCUT2D eigenvalue weighted by Gasteiger charge is -1.76. The van der Waals surface area contributed by atoms with Gasteiger partial charge in [-0.3, -0.25) is 0 Å². The third-order valence-corrected chi connectivity index (χ3v) is 0.756. The molecule has 0 aliphatic heterocycles. The number of hydrogen-bond acceptors (Lipinski definition) is 1. The first-order valence-corrected chi connectivity index (χ1v) is 2.88. The van der Waals surface area contributed by atoms with E-state index in [1.54, 1.807) is 6.92 Å². The van der Waals surface area contributed by atoms with Crippen LogP contribution < -0.4 is 0 Å². The van der Waals surface area contributed by atoms with Gasteiger partial charge in [0.2, 0.25) is 0 Å². The van der Waals surface area contributed by atoms with Gasteiger partial charge in [-0.25, -0.2) is 0 Å². The minimum atomic E-state index is -0.0421. The molecule has 0 aliphatic rings. The predicted molar refractivity (Wildman–Crippen MR) is 37.5 cm³/mol. The summed E-state index contributed by atoms with van der Waals surface area (Å²) in [4.78, 5) is 0. The highest BCUT2D eigenvalue weighted by Gasteiger charge is 1.70. The molecule has 0 spiro atoms. The van der Waals surface area contributed by atoms with Gasteiger partial charge in [-0.15, -0.1) is 11.8 Å². The maximum Gasteiger partial charge on any atom is 0.104 e. The lowest BCUT2D eigenvalue weighted by atomic mass is 10.3. The van der Waals surface area contributed by atoms with Crippen molar-refractivity contribution < 1.29 is 5.11 Å². The first-order valence-electron chi connectivity index (χ1n) is 2.88. The second kappa shape index (κ2) is 7.08. The van der Waals surface area contributed by atoms with Crippen molar-refractivity contribution >= 4 is 0 Å². The molecule has 48 valence electrons. The zero-order valence-electron chi connectivity index (χ0n) is 5.57. The number of aliphatic hydroxyl groups is 1. The molecule has 0 unspecified atom stereocenters. The summed E-state index contributed by atoms with van der Waals surface area (Å²) in [6, 6.07) is 0. The number of aliphatic hydroxyl groups excluding tert-OH is 1. The largest absolute Gasteiger partial charge is 0.384 e. The molecule has 0 fully saturated rings. The molecule has 0 amide bonds. The van der Waals surface area contributed by atoms with E-state index >= 15 is 0 Å². The Labute approximate surface area is 56.1 Å². The van der Waals surface area contributed by atoms with E-state index in [0.29, 0.717) is 0 Å². The Hall–Kier alpha value is -0.920. The predicted octanol–water partition coefficient (Wildman–Crippen LogP) is 0.786. The van der Waals surface area contributed by atoms with Gasteiger partial charge in [-0.05, 0) is 6.92 Å². The topological polar surface area (TPSA) is 20.2 Å². The van der Waals surface area contributed by atoms with Gasteiger partial charge < -0.3 is 5.11 Å². The van der Waals surface area contributed by atoms with Crippen molar-refractivity contribution in [1.82, 2.24) is 0 Å². The van der Waals surface area contributed by atoms with Gasteiger partial charge in [-0.2, -0.15) is 0 Å². The Morgan fingerprint density at radius 1 is 1.11 bits per heavy atom. The van der Waals surface area contributed by atoms with Crippen LogP contribution in [0, 0.1) is 23.7 Å². The van der Waals surface area contributed by atoms with Crippen LogP contribution in [0.25, 0.3) is 0 Å². The molecule has 1 heteroatoms. The average molecular weight is 122 g/mol. The molecule has 0 aromatic rings. The second-order valence-electron chi connectivity index (χ2n) is 1.44. The van der Waals surface area contributed by atoms with E-state index in [-0.39, 0.29) is 6.61 Å². The molecule has 9 heavy (non-hydrogen) atoms. The SMILES string of the molecule is CC#CCCC#CCO. The van der Waals surface area contributed by atoms with Crippen LogP contribution in [-0.2, 0) is 0 Å². The summed E-state index contributed by atoms with van der Waals surface area (Å²) in [6.45, 7) is 1.76. The highest BCUT2D eigenvalue weighted by molar-refractivity contribution is 5.03. The first-order chi connectivity index (χ1) is 4.41. The molecule has 0 aromatic carbocycles. The third kappa shape index (κ3) is 7.08. The van der Waals surface area contributed by atoms with Gasteiger partial charge in [0.15, 0.2) is 0 Å². The van der Waals surface area contributed by atoms with Crippen molar-refractivity contribution in [3.63, 3.8) is 0 Å². The summed E-state index contributed by atoms with van der Waals surface area (Å²) in [5, 5.41) is 8.21. The standard InChI is InChI=1S/C8H10O/c1-2-3-4-5-6-7-8-9/h9H,4-5,8H2,1H3. The molecule has 0 rings (SSSR count). The van der Waals surface area contributed by atoms with Crippen molar-refractivity contribution in [2.75, 3.05) is 6.61 Å². The number of hydrogen-bond donors (Lipinski definition) is 1. The Bertz CT molecular complexity index is 160. The van der Waals surface area contributed by atoms with Crippen LogP contribution in [0.2, 0.25) is 0 Å². The molecule has 0 heterocycles. The van der Waals surface area contributed by atoms with E-state index in [2.05, 4.69) is 23.7 Å². The number of rotatable bonds is 1. The molecular formula is C8H10O. The van der Waals surface area contributed by atoms with E-state index in [0.717, 1.165) is 12.8 Å². The normalized spacial score (nSPS) is 6.44. The maximum absolute atomic E-state index is 8.21. The maximum atomic E-state index is 8.21. The Kier molecular flexibility index (Phi) is 6.36. The average Bonchev–Trinajstić information content (AvgIpc) is 1.89. The Balaban J connectivity index is 3.15. The summed E-state index contributed by atoms with van der Waals surface area (Å²) in [6.07, 6.45) is 1.57. The van der Waals surface area contributed by atoms with Crippen LogP contribution in [0.1, 0.15) is 19.8 Å². The summed E-state index contributed by atoms with van der Waals surface area (Å²) >= 11 is 0. The van der Waals surface area contributed by atoms with Crippen molar-refractivity contribution in [1.29, 1.82) is 0 Å². The fourth-order valence-corrected chi connectivity index (χ4v) is 0.394. The smallest absolute Gasteiger partial charge is 0.104 e. The van der Waals surface area contributed by atoms with Crippen molar-refractivity contribution in [3.8, 4) is 23.7 Å². The van der Waals surface area contributed by atoms with Crippen LogP contribution in [0.4, 0.5) is 0 Å². The minimum Gasteiger partial charge on any atom is -0.384 e. The molecular weight excluding hydrogens is 112 g/mol. The molecule has 1 nitrogen and oxygen atoms in total. The van der Waals surface area contributed by atoms with Gasteiger partial charge >= 0.3 is 0 Å². The highest BCUT2D eigenvalue weighted by Crippen LogP contribution is 1.81. The zero-order valence-corrected chi connectivity index (χ0v) is 5.57. The molecule has 0 saturated carbocycles. The Morgan fingerprint density at radius 2 is 1.78 bits per heavy atom. The van der Waals surface area contributed by atoms with Gasteiger partial charge in [0.1, 0.15) is 6.61 Å². The highest BCUT2D eigenvalue weighted by atomic mass is 16.2. The zero-order chi connectivity index (χ0) is 6.95. The summed E-state index contributed by atoms with van der Waals surface area (Å²) in [7, 11) is 0. The quantitative estimate of drug-likeness (QED) is 0.402. The van der Waals surface area contributed by atoms with Crippen LogP contribution >= 0.6 is 0 Å². The van der Waals surface area contributed by atoms with Crippen LogP contribution in [0.3, 0.4) is 0 Å². The van der Waals surface area contributed by atoms with E-state index in [9.17, 15) is 0 Å². The molecule has 0 radical (unpaired) electrons. The van der Waals surface area contributed by atoms with Gasteiger partial charge in [0, 0.05) is 12.8 Å². The van der Waals surface area contributed by atoms with Crippen molar-refractivity contribution in [3.05, 3.63) is 0 Å². The molecule has 0 bridgehead atoms. The van der Waals surface area contributed by atoms with Crippen LogP contribution in [0.15, 0.2) is 0 Å². The third-order valence-electron chi connectivity index (χ3n) is 0.756. The lowest BCUT2D eigenvalue weighted by Crippen LogP contribution is -1.71. The van der Waals surface area contributed by atoms with E-state index < -0.39 is 0 Å². The molecule has 0 aliphatic carbocycles. The van der Waals surface area contributed by atoms with Crippen LogP contribution in [0.5, 0.6) is 0 Å². The van der Waals surface area contributed by atoms with Gasteiger partial charge in [0.25, 0.3) is 0 Å². The molecule has 0 atom stereocenters. The van der Waals surface area contributed by atoms with Crippen molar-refractivity contribution in [2.24, 2.45) is 0 Å². The molecule has 1 N–H and O–H groups in total. The van der Waals surface area contributed by atoms with Gasteiger partial charge in [0.05, 0.1) is 0 Å². The van der Waals surface area contributed by atoms with Gasteiger partial charge in [-0.1, -0.05) is 11.8 Å². The molecule has 0 aromatic heterocycles. The monoisotopic (exact) mass is 122 g/mol. The fourth-order valence-electron chi connectivity index (χ4n) is 0.394. The lowest BCUT2D eigenvalue weighted by molar-refractivity contribution is 0.350. The second-order valence-corrected chi connectivity index (χ2v) is 1.44.